The first kappa shape index (κ1) is 24.9. The van der Waals surface area contributed by atoms with Gasteiger partial charge in [0.1, 0.15) is 10.7 Å². The summed E-state index contributed by atoms with van der Waals surface area (Å²) in [6, 6.07) is 22.2. The van der Waals surface area contributed by atoms with Crippen molar-refractivity contribution >= 4 is 46.1 Å². The van der Waals surface area contributed by atoms with Gasteiger partial charge in [0, 0.05) is 36.2 Å². The zero-order valence-electron chi connectivity index (χ0n) is 20.2. The van der Waals surface area contributed by atoms with Gasteiger partial charge in [-0.15, -0.1) is 0 Å². The summed E-state index contributed by atoms with van der Waals surface area (Å²) in [5.41, 5.74) is 3.18. The fourth-order valence-corrected chi connectivity index (χ4v) is 3.95. The molecule has 0 spiro atoms. The van der Waals surface area contributed by atoms with Gasteiger partial charge < -0.3 is 15.2 Å². The van der Waals surface area contributed by atoms with Gasteiger partial charge in [-0.05, 0) is 53.6 Å². The summed E-state index contributed by atoms with van der Waals surface area (Å²) in [4.78, 5) is 38.5. The summed E-state index contributed by atoms with van der Waals surface area (Å²) in [6.45, 7) is 0.558. The number of fused-ring (bicyclic) bond motifs is 1. The molecule has 0 fully saturated rings. The van der Waals surface area contributed by atoms with Crippen molar-refractivity contribution < 1.29 is 4.79 Å². The molecule has 1 amide bonds. The molecule has 5 rings (SSSR count). The molecule has 5 aromatic rings. The molecule has 0 aliphatic rings. The molecule has 9 heteroatoms. The highest BCUT2D eigenvalue weighted by atomic mass is 35.5. The van der Waals surface area contributed by atoms with E-state index < -0.39 is 5.91 Å². The van der Waals surface area contributed by atoms with Gasteiger partial charge in [0.15, 0.2) is 0 Å². The Kier molecular flexibility index (Phi) is 7.52. The Balaban J connectivity index is 1.20. The minimum absolute atomic E-state index is 0.0746. The van der Waals surface area contributed by atoms with E-state index in [0.29, 0.717) is 17.6 Å². The second kappa shape index (κ2) is 11.5. The van der Waals surface area contributed by atoms with Crippen LogP contribution in [0.25, 0.3) is 17.0 Å². The fraction of sp³-hybridized carbons (Fsp3) is 0.0690. The molecular formula is C29H23ClN6O2. The molecule has 2 aromatic carbocycles. The van der Waals surface area contributed by atoms with Crippen molar-refractivity contribution in [2.75, 3.05) is 11.9 Å². The molecule has 0 unspecified atom stereocenters. The number of hydrogen-bond donors (Lipinski definition) is 2. The monoisotopic (exact) mass is 522 g/mol. The average molecular weight is 523 g/mol. The Morgan fingerprint density at radius 1 is 0.974 bits per heavy atom. The van der Waals surface area contributed by atoms with Gasteiger partial charge >= 0.3 is 0 Å². The topological polar surface area (TPSA) is 102 Å². The smallest absolute Gasteiger partial charge is 0.263 e. The Morgan fingerprint density at radius 3 is 2.66 bits per heavy atom. The number of amides is 1. The number of benzene rings is 2. The number of carbonyl (C=O) groups is 1. The molecule has 0 radical (unpaired) electrons. The van der Waals surface area contributed by atoms with Crippen LogP contribution in [0.5, 0.6) is 0 Å². The lowest BCUT2D eigenvalue weighted by molar-refractivity contribution is 0.0956. The first-order valence-corrected chi connectivity index (χ1v) is 12.3. The summed E-state index contributed by atoms with van der Waals surface area (Å²) >= 11 is 5.82. The van der Waals surface area contributed by atoms with E-state index >= 15 is 0 Å². The first-order chi connectivity index (χ1) is 18.5. The van der Waals surface area contributed by atoms with Crippen LogP contribution in [0.3, 0.4) is 0 Å². The lowest BCUT2D eigenvalue weighted by atomic mass is 10.1. The predicted molar refractivity (Wildman–Crippen MR) is 150 cm³/mol. The van der Waals surface area contributed by atoms with Crippen molar-refractivity contribution in [3.05, 3.63) is 130 Å². The summed E-state index contributed by atoms with van der Waals surface area (Å²) < 4.78 is 1.47. The number of pyridine rings is 2. The summed E-state index contributed by atoms with van der Waals surface area (Å²) in [6.07, 6.45) is 8.73. The third kappa shape index (κ3) is 6.11. The number of rotatable bonds is 8. The van der Waals surface area contributed by atoms with Crippen molar-refractivity contribution in [1.29, 1.82) is 0 Å². The van der Waals surface area contributed by atoms with E-state index in [2.05, 4.69) is 25.6 Å². The third-order valence-electron chi connectivity index (χ3n) is 5.73. The maximum atomic E-state index is 12.8. The Hall–Kier alpha value is -4.82. The Labute approximate surface area is 223 Å². The Morgan fingerprint density at radius 2 is 1.84 bits per heavy atom. The maximum absolute atomic E-state index is 12.8. The SMILES string of the molecule is O=C(NC/C=C/c1ccc2nc(Nc3ccccc3)ncc2c1)c1cccn(Cc2ccc(Cl)nc2)c1=O. The zero-order chi connectivity index (χ0) is 26.3. The van der Waals surface area contributed by atoms with Crippen LogP contribution in [-0.4, -0.2) is 32.0 Å². The van der Waals surface area contributed by atoms with Gasteiger partial charge in [-0.25, -0.2) is 15.0 Å². The van der Waals surface area contributed by atoms with Crippen LogP contribution < -0.4 is 16.2 Å². The van der Waals surface area contributed by atoms with E-state index in [4.69, 9.17) is 11.6 Å². The number of carbonyl (C=O) groups excluding carboxylic acids is 1. The lowest BCUT2D eigenvalue weighted by Gasteiger charge is -2.08. The molecule has 0 bridgehead atoms. The quantitative estimate of drug-likeness (QED) is 0.276. The van der Waals surface area contributed by atoms with E-state index in [1.165, 1.54) is 10.6 Å². The summed E-state index contributed by atoms with van der Waals surface area (Å²) in [7, 11) is 0. The van der Waals surface area contributed by atoms with Gasteiger partial charge in [-0.3, -0.25) is 9.59 Å². The van der Waals surface area contributed by atoms with Crippen molar-refractivity contribution in [2.45, 2.75) is 6.54 Å². The standard InChI is InChI=1S/C29H23ClN6O2/c30-26-13-11-21(17-32-26)19-36-15-5-9-24(28(36)38)27(37)31-14-4-6-20-10-12-25-22(16-20)18-33-29(35-25)34-23-7-2-1-3-8-23/h1-13,15-18H,14,19H2,(H,31,37)(H,33,34,35)/b6-4+. The van der Waals surface area contributed by atoms with E-state index in [-0.39, 0.29) is 17.7 Å². The number of hydrogen-bond acceptors (Lipinski definition) is 6. The van der Waals surface area contributed by atoms with Crippen LogP contribution in [0.1, 0.15) is 21.5 Å². The zero-order valence-corrected chi connectivity index (χ0v) is 21.0. The lowest BCUT2D eigenvalue weighted by Crippen LogP contribution is -2.33. The maximum Gasteiger partial charge on any atom is 0.263 e. The number of aromatic nitrogens is 4. The van der Waals surface area contributed by atoms with Gasteiger partial charge in [0.25, 0.3) is 11.5 Å². The minimum Gasteiger partial charge on any atom is -0.348 e. The first-order valence-electron chi connectivity index (χ1n) is 11.9. The largest absolute Gasteiger partial charge is 0.348 e. The third-order valence-corrected chi connectivity index (χ3v) is 5.95. The van der Waals surface area contributed by atoms with Crippen LogP contribution >= 0.6 is 11.6 Å². The van der Waals surface area contributed by atoms with Crippen LogP contribution in [0, 0.1) is 0 Å². The molecular weight excluding hydrogens is 500 g/mol. The number of para-hydroxylation sites is 1. The normalized spacial score (nSPS) is 11.1. The van der Waals surface area contributed by atoms with Crippen LogP contribution in [0.15, 0.2) is 102 Å². The van der Waals surface area contributed by atoms with Crippen molar-refractivity contribution in [3.63, 3.8) is 0 Å². The van der Waals surface area contributed by atoms with Crippen LogP contribution in [0.2, 0.25) is 5.15 Å². The van der Waals surface area contributed by atoms with Gasteiger partial charge in [-0.2, -0.15) is 0 Å². The van der Waals surface area contributed by atoms with Gasteiger partial charge in [0.05, 0.1) is 12.1 Å². The van der Waals surface area contributed by atoms with Crippen molar-refractivity contribution in [1.82, 2.24) is 24.8 Å². The summed E-state index contributed by atoms with van der Waals surface area (Å²) in [5, 5.41) is 7.24. The molecule has 38 heavy (non-hydrogen) atoms. The fourth-order valence-electron chi connectivity index (χ4n) is 3.84. The minimum atomic E-state index is -0.436. The van der Waals surface area contributed by atoms with E-state index in [9.17, 15) is 9.59 Å². The molecule has 0 saturated carbocycles. The van der Waals surface area contributed by atoms with E-state index in [0.717, 1.165) is 27.7 Å². The highest BCUT2D eigenvalue weighted by molar-refractivity contribution is 6.29. The van der Waals surface area contributed by atoms with Crippen LogP contribution in [-0.2, 0) is 6.54 Å². The number of halogens is 1. The number of nitrogens with zero attached hydrogens (tertiary/aromatic N) is 4. The highest BCUT2D eigenvalue weighted by Crippen LogP contribution is 2.18. The number of nitrogens with one attached hydrogen (secondary N) is 2. The molecule has 0 atom stereocenters. The van der Waals surface area contributed by atoms with Gasteiger partial charge in [-0.1, -0.05) is 54.1 Å². The molecule has 8 nitrogen and oxygen atoms in total. The molecule has 0 aliphatic heterocycles. The van der Waals surface area contributed by atoms with Gasteiger partial charge in [0.2, 0.25) is 5.95 Å². The van der Waals surface area contributed by atoms with E-state index in [1.54, 1.807) is 36.8 Å². The summed E-state index contributed by atoms with van der Waals surface area (Å²) in [5.74, 6) is 0.0908. The molecule has 0 aliphatic carbocycles. The average Bonchev–Trinajstić information content (AvgIpc) is 2.94. The van der Waals surface area contributed by atoms with Crippen molar-refractivity contribution in [3.8, 4) is 0 Å². The molecule has 3 heterocycles. The molecule has 188 valence electrons. The Bertz CT molecular complexity index is 1670. The second-order valence-electron chi connectivity index (χ2n) is 8.46. The second-order valence-corrected chi connectivity index (χ2v) is 8.85. The van der Waals surface area contributed by atoms with Crippen molar-refractivity contribution in [2.24, 2.45) is 0 Å². The highest BCUT2D eigenvalue weighted by Gasteiger charge is 2.11. The predicted octanol–water partition coefficient (Wildman–Crippen LogP) is 5.08. The molecule has 3 aromatic heterocycles. The van der Waals surface area contributed by atoms with Crippen LogP contribution in [0.4, 0.5) is 11.6 Å². The number of anilines is 2. The van der Waals surface area contributed by atoms with E-state index in [1.807, 2.05) is 60.7 Å². The molecule has 0 saturated heterocycles. The molecule has 2 N–H and O–H groups in total.